The Balaban J connectivity index is 1.47. The number of phenolic OH excluding ortho intramolecular Hbond substituents is 3. The van der Waals surface area contributed by atoms with E-state index in [1.165, 1.54) is 24.3 Å². The van der Waals surface area contributed by atoms with E-state index in [9.17, 15) is 55.9 Å². The van der Waals surface area contributed by atoms with Crippen molar-refractivity contribution in [1.29, 1.82) is 0 Å². The van der Waals surface area contributed by atoms with Crippen molar-refractivity contribution >= 4 is 11.0 Å². The average Bonchev–Trinajstić information content (AvgIpc) is 2.97. The molecule has 10 N–H and O–H groups in total. The van der Waals surface area contributed by atoms with Crippen LogP contribution in [0.25, 0.3) is 22.3 Å². The van der Waals surface area contributed by atoms with Crippen LogP contribution in [0.1, 0.15) is 0 Å². The number of phenols is 3. The third-order valence-electron chi connectivity index (χ3n) is 7.24. The lowest BCUT2D eigenvalue weighted by Crippen LogP contribution is -2.65. The third kappa shape index (κ3) is 5.73. The molecule has 0 amide bonds. The summed E-state index contributed by atoms with van der Waals surface area (Å²) >= 11 is 0. The van der Waals surface area contributed by atoms with Crippen LogP contribution in [0.5, 0.6) is 23.0 Å². The summed E-state index contributed by atoms with van der Waals surface area (Å²) in [5.74, 6) is -2.07. The minimum absolute atomic E-state index is 0.116. The molecule has 234 valence electrons. The Morgan fingerprint density at radius 2 is 1.35 bits per heavy atom. The topological polar surface area (TPSA) is 269 Å². The van der Waals surface area contributed by atoms with Gasteiger partial charge in [0, 0.05) is 17.7 Å². The van der Waals surface area contributed by atoms with Gasteiger partial charge >= 0.3 is 0 Å². The minimum atomic E-state index is -1.99. The summed E-state index contributed by atoms with van der Waals surface area (Å²) < 4.78 is 27.9. The first-order valence-corrected chi connectivity index (χ1v) is 13.0. The molecule has 1 aromatic heterocycles. The molecule has 2 aliphatic heterocycles. The third-order valence-corrected chi connectivity index (χ3v) is 7.24. The normalized spacial score (nSPS) is 33.0. The summed E-state index contributed by atoms with van der Waals surface area (Å²) in [4.78, 5) is 13.6. The number of aliphatic hydroxyl groups is 7. The van der Waals surface area contributed by atoms with E-state index in [1.54, 1.807) is 0 Å². The summed E-state index contributed by atoms with van der Waals surface area (Å²) in [5, 5.41) is 101. The molecule has 3 heterocycles. The monoisotopic (exact) mass is 610 g/mol. The molecule has 2 fully saturated rings. The Morgan fingerprint density at radius 3 is 2.00 bits per heavy atom. The quantitative estimate of drug-likeness (QED) is 0.133. The minimum Gasteiger partial charge on any atom is -0.508 e. The van der Waals surface area contributed by atoms with Gasteiger partial charge in [0.2, 0.25) is 17.5 Å². The lowest BCUT2D eigenvalue weighted by atomic mass is 9.97. The number of aromatic hydroxyl groups is 3. The standard InChI is InChI=1S/C27H30O16/c28-7-14-17(33)19(35)21(37)26(40-14)42-24-15(8-29)41-27(22(38)20(24)36)43-25-18(34)16-12(32)5-11(31)6-13(16)39-23(25)9-1-3-10(30)4-2-9/h1-6,14-15,17,19-22,24,26-33,35-38H,7-8H2/t14-,15-,17-,19+,20-,21+,22-,24-,26+,27+/m1/s1. The van der Waals surface area contributed by atoms with Crippen LogP contribution in [0.2, 0.25) is 0 Å². The first kappa shape index (κ1) is 30.9. The van der Waals surface area contributed by atoms with Crippen molar-refractivity contribution in [2.75, 3.05) is 13.2 Å². The number of ether oxygens (including phenoxy) is 4. The Hall–Kier alpha value is -3.55. The fourth-order valence-electron chi connectivity index (χ4n) is 4.95. The van der Waals surface area contributed by atoms with Gasteiger partial charge in [-0.1, -0.05) is 0 Å². The highest BCUT2D eigenvalue weighted by molar-refractivity contribution is 5.88. The molecule has 2 aliphatic rings. The van der Waals surface area contributed by atoms with Crippen molar-refractivity contribution in [3.63, 3.8) is 0 Å². The van der Waals surface area contributed by atoms with Crippen molar-refractivity contribution in [2.45, 2.75) is 61.4 Å². The van der Waals surface area contributed by atoms with Crippen LogP contribution < -0.4 is 10.2 Å². The molecule has 0 bridgehead atoms. The van der Waals surface area contributed by atoms with Crippen molar-refractivity contribution in [2.24, 2.45) is 0 Å². The van der Waals surface area contributed by atoms with E-state index in [1.807, 2.05) is 0 Å². The second-order valence-corrected chi connectivity index (χ2v) is 10.1. The fourth-order valence-corrected chi connectivity index (χ4v) is 4.95. The predicted molar refractivity (Wildman–Crippen MR) is 140 cm³/mol. The smallest absolute Gasteiger partial charge is 0.239 e. The first-order chi connectivity index (χ1) is 20.4. The maximum Gasteiger partial charge on any atom is 0.239 e. The number of aliphatic hydroxyl groups excluding tert-OH is 7. The number of rotatable bonds is 7. The van der Waals surface area contributed by atoms with Gasteiger partial charge in [0.05, 0.1) is 13.2 Å². The Morgan fingerprint density at radius 1 is 0.721 bits per heavy atom. The van der Waals surface area contributed by atoms with E-state index >= 15 is 0 Å². The molecular formula is C27H30O16. The molecule has 2 saturated heterocycles. The van der Waals surface area contributed by atoms with Crippen molar-refractivity contribution in [1.82, 2.24) is 0 Å². The molecule has 10 atom stereocenters. The van der Waals surface area contributed by atoms with Gasteiger partial charge in [-0.05, 0) is 24.3 Å². The molecule has 3 aromatic rings. The molecule has 0 radical (unpaired) electrons. The lowest BCUT2D eigenvalue weighted by molar-refractivity contribution is -0.352. The van der Waals surface area contributed by atoms with E-state index in [2.05, 4.69) is 0 Å². The highest BCUT2D eigenvalue weighted by Gasteiger charge is 2.51. The van der Waals surface area contributed by atoms with Crippen LogP contribution in [0.4, 0.5) is 0 Å². The van der Waals surface area contributed by atoms with Crippen LogP contribution in [-0.4, -0.2) is 126 Å². The maximum absolute atomic E-state index is 13.6. The predicted octanol–water partition coefficient (Wildman–Crippen LogP) is -2.42. The van der Waals surface area contributed by atoms with Crippen LogP contribution >= 0.6 is 0 Å². The molecule has 2 aromatic carbocycles. The molecule has 0 saturated carbocycles. The van der Waals surface area contributed by atoms with Crippen molar-refractivity contribution in [3.8, 4) is 34.3 Å². The summed E-state index contributed by atoms with van der Waals surface area (Å²) in [5.41, 5.74) is -1.01. The van der Waals surface area contributed by atoms with Crippen LogP contribution in [-0.2, 0) is 14.2 Å². The molecular weight excluding hydrogens is 580 g/mol. The van der Waals surface area contributed by atoms with Crippen molar-refractivity contribution < 1.29 is 74.4 Å². The van der Waals surface area contributed by atoms with E-state index in [0.29, 0.717) is 0 Å². The number of fused-ring (bicyclic) bond motifs is 1. The molecule has 0 aliphatic carbocycles. The maximum atomic E-state index is 13.6. The highest BCUT2D eigenvalue weighted by atomic mass is 16.7. The molecule has 5 rings (SSSR count). The molecule has 16 heteroatoms. The van der Waals surface area contributed by atoms with Gasteiger partial charge in [-0.15, -0.1) is 0 Å². The van der Waals surface area contributed by atoms with Gasteiger partial charge in [0.15, 0.2) is 12.1 Å². The van der Waals surface area contributed by atoms with Gasteiger partial charge in [0.1, 0.15) is 77.0 Å². The SMILES string of the molecule is O=c1c(O[C@@H]2O[C@H](CO)[C@@H](O[C@@H]3O[C@H](CO)[C@@H](O)[C@H](O)[C@@H]3O)[C@H](O)[C@H]2O)c(-c2ccc(O)cc2)oc2cc(O)cc(O)c12. The van der Waals surface area contributed by atoms with Crippen LogP contribution in [0.3, 0.4) is 0 Å². The highest BCUT2D eigenvalue weighted by Crippen LogP contribution is 2.38. The fraction of sp³-hybridized carbons (Fsp3) is 0.444. The molecule has 43 heavy (non-hydrogen) atoms. The first-order valence-electron chi connectivity index (χ1n) is 13.0. The Labute approximate surface area is 241 Å². The summed E-state index contributed by atoms with van der Waals surface area (Å²) in [6.45, 7) is -1.62. The number of hydrogen-bond donors (Lipinski definition) is 10. The molecule has 0 spiro atoms. The largest absolute Gasteiger partial charge is 0.508 e. The van der Waals surface area contributed by atoms with E-state index < -0.39 is 103 Å². The molecule has 0 unspecified atom stereocenters. The Kier molecular flexibility index (Phi) is 8.77. The zero-order valence-corrected chi connectivity index (χ0v) is 22.1. The van der Waals surface area contributed by atoms with Gasteiger partial charge in [-0.3, -0.25) is 4.79 Å². The number of hydrogen-bond acceptors (Lipinski definition) is 16. The molecule has 16 nitrogen and oxygen atoms in total. The second-order valence-electron chi connectivity index (χ2n) is 10.1. The van der Waals surface area contributed by atoms with Gasteiger partial charge in [-0.25, -0.2) is 0 Å². The van der Waals surface area contributed by atoms with Crippen LogP contribution in [0, 0.1) is 0 Å². The van der Waals surface area contributed by atoms with Crippen LogP contribution in [0.15, 0.2) is 45.6 Å². The van der Waals surface area contributed by atoms with Gasteiger partial charge in [-0.2, -0.15) is 0 Å². The zero-order chi connectivity index (χ0) is 31.2. The van der Waals surface area contributed by atoms with E-state index in [-0.39, 0.29) is 22.7 Å². The van der Waals surface area contributed by atoms with Gasteiger partial charge in [0.25, 0.3) is 0 Å². The summed E-state index contributed by atoms with van der Waals surface area (Å²) in [6.07, 6.45) is -17.4. The van der Waals surface area contributed by atoms with E-state index in [0.717, 1.165) is 12.1 Å². The second kappa shape index (κ2) is 12.2. The number of benzene rings is 2. The van der Waals surface area contributed by atoms with E-state index in [4.69, 9.17) is 23.4 Å². The lowest BCUT2D eigenvalue weighted by Gasteiger charge is -2.45. The van der Waals surface area contributed by atoms with Crippen molar-refractivity contribution in [3.05, 3.63) is 46.6 Å². The zero-order valence-electron chi connectivity index (χ0n) is 22.1. The summed E-state index contributed by atoms with van der Waals surface area (Å²) in [7, 11) is 0. The average molecular weight is 611 g/mol. The summed E-state index contributed by atoms with van der Waals surface area (Å²) in [6, 6.07) is 7.25. The Bertz CT molecular complexity index is 1490. The van der Waals surface area contributed by atoms with Gasteiger partial charge < -0.3 is 74.4 Å².